The summed E-state index contributed by atoms with van der Waals surface area (Å²) >= 11 is 0. The molecule has 1 aliphatic carbocycles. The summed E-state index contributed by atoms with van der Waals surface area (Å²) in [6.45, 7) is 2.56. The minimum absolute atomic E-state index is 0.122. The second kappa shape index (κ2) is 3.95. The van der Waals surface area contributed by atoms with Gasteiger partial charge in [0.05, 0.1) is 25.4 Å². The van der Waals surface area contributed by atoms with Gasteiger partial charge in [-0.1, -0.05) is 19.3 Å². The van der Waals surface area contributed by atoms with Gasteiger partial charge in [0.15, 0.2) is 0 Å². The van der Waals surface area contributed by atoms with E-state index in [1.807, 2.05) is 0 Å². The summed E-state index contributed by atoms with van der Waals surface area (Å²) < 4.78 is 5.42. The molecular formula is C10H19NO2. The number of rotatable bonds is 3. The van der Waals surface area contributed by atoms with Gasteiger partial charge < -0.3 is 15.2 Å². The zero-order valence-electron chi connectivity index (χ0n) is 8.09. The summed E-state index contributed by atoms with van der Waals surface area (Å²) in [4.78, 5) is 0. The van der Waals surface area contributed by atoms with Gasteiger partial charge in [-0.3, -0.25) is 0 Å². The van der Waals surface area contributed by atoms with E-state index in [0.717, 1.165) is 25.5 Å². The lowest BCUT2D eigenvalue weighted by atomic mass is 9.76. The Morgan fingerprint density at radius 3 is 2.77 bits per heavy atom. The minimum atomic E-state index is -0.122. The van der Waals surface area contributed by atoms with Crippen LogP contribution in [0.15, 0.2) is 0 Å². The van der Waals surface area contributed by atoms with E-state index in [-0.39, 0.29) is 12.1 Å². The van der Waals surface area contributed by atoms with Crippen molar-refractivity contribution < 1.29 is 9.84 Å². The van der Waals surface area contributed by atoms with Gasteiger partial charge in [-0.05, 0) is 12.3 Å². The molecule has 2 N–H and O–H groups in total. The van der Waals surface area contributed by atoms with Gasteiger partial charge in [0.2, 0.25) is 0 Å². The molecule has 2 rings (SSSR count). The second-order valence-corrected chi connectivity index (χ2v) is 4.42. The van der Waals surface area contributed by atoms with Crippen molar-refractivity contribution in [3.63, 3.8) is 0 Å². The van der Waals surface area contributed by atoms with E-state index in [1.54, 1.807) is 0 Å². The molecule has 0 aromatic carbocycles. The lowest BCUT2D eigenvalue weighted by Gasteiger charge is -2.41. The third-order valence-electron chi connectivity index (χ3n) is 3.33. The molecule has 1 aliphatic heterocycles. The molecule has 3 nitrogen and oxygen atoms in total. The number of hydrogen-bond acceptors (Lipinski definition) is 3. The van der Waals surface area contributed by atoms with Gasteiger partial charge in [0.1, 0.15) is 0 Å². The molecule has 0 spiro atoms. The average Bonchev–Trinajstić information content (AvgIpc) is 2.13. The molecule has 0 amide bonds. The lowest BCUT2D eigenvalue weighted by molar-refractivity contribution is -0.0183. The Morgan fingerprint density at radius 2 is 2.31 bits per heavy atom. The first kappa shape index (κ1) is 9.44. The van der Waals surface area contributed by atoms with Crippen molar-refractivity contribution in [1.29, 1.82) is 0 Å². The minimum Gasteiger partial charge on any atom is -0.394 e. The summed E-state index contributed by atoms with van der Waals surface area (Å²) in [7, 11) is 0. The summed E-state index contributed by atoms with van der Waals surface area (Å²) in [6.07, 6.45) is 5.13. The first-order valence-corrected chi connectivity index (χ1v) is 5.28. The molecule has 1 saturated heterocycles. The molecule has 3 heteroatoms. The van der Waals surface area contributed by atoms with Crippen LogP contribution in [0.3, 0.4) is 0 Å². The van der Waals surface area contributed by atoms with Crippen LogP contribution in [0.1, 0.15) is 25.7 Å². The van der Waals surface area contributed by atoms with E-state index in [9.17, 15) is 5.11 Å². The zero-order valence-corrected chi connectivity index (χ0v) is 8.09. The van der Waals surface area contributed by atoms with E-state index in [1.165, 1.54) is 19.3 Å². The van der Waals surface area contributed by atoms with Gasteiger partial charge >= 0.3 is 0 Å². The Morgan fingerprint density at radius 1 is 1.46 bits per heavy atom. The smallest absolute Gasteiger partial charge is 0.0671 e. The third kappa shape index (κ3) is 2.03. The zero-order chi connectivity index (χ0) is 9.15. The molecule has 2 aliphatic rings. The first-order valence-electron chi connectivity index (χ1n) is 5.28. The average molecular weight is 185 g/mol. The molecule has 1 heterocycles. The van der Waals surface area contributed by atoms with E-state index >= 15 is 0 Å². The number of nitrogens with one attached hydrogen (secondary N) is 1. The Bertz CT molecular complexity index is 162. The summed E-state index contributed by atoms with van der Waals surface area (Å²) in [5, 5.41) is 12.8. The van der Waals surface area contributed by atoms with Crippen molar-refractivity contribution in [3.8, 4) is 0 Å². The van der Waals surface area contributed by atoms with Gasteiger partial charge in [-0.2, -0.15) is 0 Å². The van der Waals surface area contributed by atoms with Crippen molar-refractivity contribution in [2.24, 2.45) is 5.92 Å². The lowest BCUT2D eigenvalue weighted by Crippen LogP contribution is -2.58. The Labute approximate surface area is 79.5 Å². The van der Waals surface area contributed by atoms with Gasteiger partial charge in [-0.25, -0.2) is 0 Å². The summed E-state index contributed by atoms with van der Waals surface area (Å²) in [5.41, 5.74) is -0.122. The van der Waals surface area contributed by atoms with Crippen LogP contribution in [0.5, 0.6) is 0 Å². The van der Waals surface area contributed by atoms with Crippen molar-refractivity contribution in [2.45, 2.75) is 31.2 Å². The van der Waals surface area contributed by atoms with Crippen LogP contribution in [0.4, 0.5) is 0 Å². The number of morpholine rings is 1. The molecule has 0 aromatic heterocycles. The standard InChI is InChI=1S/C10H19NO2/c12-7-10(6-9-2-1-3-9)8-13-5-4-11-10/h9,11-12H,1-8H2. The number of hydrogen-bond donors (Lipinski definition) is 2. The topological polar surface area (TPSA) is 41.5 Å². The molecule has 13 heavy (non-hydrogen) atoms. The predicted molar refractivity (Wildman–Crippen MR) is 50.6 cm³/mol. The quantitative estimate of drug-likeness (QED) is 0.674. The highest BCUT2D eigenvalue weighted by Crippen LogP contribution is 2.34. The SMILES string of the molecule is OCC1(CC2CCC2)COCCN1. The highest BCUT2D eigenvalue weighted by molar-refractivity contribution is 4.93. The predicted octanol–water partition coefficient (Wildman–Crippen LogP) is 0.527. The van der Waals surface area contributed by atoms with Gasteiger partial charge in [0, 0.05) is 6.54 Å². The van der Waals surface area contributed by atoms with E-state index in [2.05, 4.69) is 5.32 Å². The molecular weight excluding hydrogens is 166 g/mol. The van der Waals surface area contributed by atoms with Crippen molar-refractivity contribution in [2.75, 3.05) is 26.4 Å². The van der Waals surface area contributed by atoms with Crippen molar-refractivity contribution >= 4 is 0 Å². The fraction of sp³-hybridized carbons (Fsp3) is 1.00. The van der Waals surface area contributed by atoms with Crippen molar-refractivity contribution in [3.05, 3.63) is 0 Å². The van der Waals surface area contributed by atoms with E-state index in [0.29, 0.717) is 6.61 Å². The van der Waals surface area contributed by atoms with Gasteiger partial charge in [0.25, 0.3) is 0 Å². The Kier molecular flexibility index (Phi) is 2.86. The normalized spacial score (nSPS) is 35.8. The molecule has 0 bridgehead atoms. The second-order valence-electron chi connectivity index (χ2n) is 4.42. The summed E-state index contributed by atoms with van der Waals surface area (Å²) in [5.74, 6) is 0.821. The van der Waals surface area contributed by atoms with Crippen LogP contribution < -0.4 is 5.32 Å². The maximum absolute atomic E-state index is 9.37. The number of aliphatic hydroxyl groups is 1. The van der Waals surface area contributed by atoms with E-state index in [4.69, 9.17) is 4.74 Å². The molecule has 0 radical (unpaired) electrons. The number of aliphatic hydroxyl groups excluding tert-OH is 1. The maximum Gasteiger partial charge on any atom is 0.0671 e. The van der Waals surface area contributed by atoms with Gasteiger partial charge in [-0.15, -0.1) is 0 Å². The van der Waals surface area contributed by atoms with Crippen LogP contribution in [0, 0.1) is 5.92 Å². The Balaban J connectivity index is 1.88. The fourth-order valence-electron chi connectivity index (χ4n) is 2.25. The van der Waals surface area contributed by atoms with Crippen LogP contribution in [-0.2, 0) is 4.74 Å². The summed E-state index contributed by atoms with van der Waals surface area (Å²) in [6, 6.07) is 0. The first-order chi connectivity index (χ1) is 6.35. The largest absolute Gasteiger partial charge is 0.394 e. The van der Waals surface area contributed by atoms with Crippen LogP contribution in [-0.4, -0.2) is 37.0 Å². The highest BCUT2D eigenvalue weighted by Gasteiger charge is 2.36. The van der Waals surface area contributed by atoms with E-state index < -0.39 is 0 Å². The molecule has 1 atom stereocenters. The molecule has 2 fully saturated rings. The maximum atomic E-state index is 9.37. The molecule has 1 unspecified atom stereocenters. The van der Waals surface area contributed by atoms with Crippen LogP contribution in [0.25, 0.3) is 0 Å². The fourth-order valence-corrected chi connectivity index (χ4v) is 2.25. The van der Waals surface area contributed by atoms with Crippen molar-refractivity contribution in [1.82, 2.24) is 5.32 Å². The Hall–Kier alpha value is -0.120. The molecule has 1 saturated carbocycles. The number of ether oxygens (including phenoxy) is 1. The van der Waals surface area contributed by atoms with Crippen LogP contribution >= 0.6 is 0 Å². The third-order valence-corrected chi connectivity index (χ3v) is 3.33. The van der Waals surface area contributed by atoms with Crippen LogP contribution in [0.2, 0.25) is 0 Å². The molecule has 76 valence electrons. The molecule has 0 aromatic rings. The highest BCUT2D eigenvalue weighted by atomic mass is 16.5. The monoisotopic (exact) mass is 185 g/mol.